The maximum absolute atomic E-state index is 11.2. The highest BCUT2D eigenvalue weighted by molar-refractivity contribution is 7.99. The zero-order valence-corrected chi connectivity index (χ0v) is 10.4. The number of thioether (sulfide) groups is 1. The Bertz CT molecular complexity index is 162. The molecule has 0 aromatic rings. The van der Waals surface area contributed by atoms with Crippen molar-refractivity contribution in [3.05, 3.63) is 0 Å². The molecule has 14 heavy (non-hydrogen) atoms. The van der Waals surface area contributed by atoms with E-state index in [1.807, 2.05) is 13.8 Å². The highest BCUT2D eigenvalue weighted by atomic mass is 32.2. The van der Waals surface area contributed by atoms with E-state index in [0.717, 1.165) is 18.1 Å². The summed E-state index contributed by atoms with van der Waals surface area (Å²) in [5.41, 5.74) is 0. The number of nitrogens with zero attached hydrogens (tertiary/aromatic N) is 1. The van der Waals surface area contributed by atoms with E-state index in [1.54, 1.807) is 11.8 Å². The molecule has 0 amide bonds. The van der Waals surface area contributed by atoms with Gasteiger partial charge in [0.2, 0.25) is 0 Å². The minimum absolute atomic E-state index is 0.0158. The lowest BCUT2D eigenvalue weighted by atomic mass is 10.2. The van der Waals surface area contributed by atoms with Gasteiger partial charge in [-0.3, -0.25) is 4.79 Å². The summed E-state index contributed by atoms with van der Waals surface area (Å²) >= 11 is 1.80. The molecule has 0 fully saturated rings. The molecule has 0 saturated heterocycles. The SMILES string of the molecule is CCOC(=O)C(C)CSCCN(C)C. The Kier molecular flexibility index (Phi) is 7.99. The summed E-state index contributed by atoms with van der Waals surface area (Å²) in [6.07, 6.45) is 0. The number of carbonyl (C=O) groups excluding carboxylic acids is 1. The van der Waals surface area contributed by atoms with E-state index in [1.165, 1.54) is 0 Å². The lowest BCUT2D eigenvalue weighted by molar-refractivity contribution is -0.146. The number of rotatable bonds is 7. The molecule has 1 atom stereocenters. The van der Waals surface area contributed by atoms with Gasteiger partial charge in [0.25, 0.3) is 0 Å². The quantitative estimate of drug-likeness (QED) is 0.479. The summed E-state index contributed by atoms with van der Waals surface area (Å²) in [6.45, 7) is 5.29. The van der Waals surface area contributed by atoms with Gasteiger partial charge >= 0.3 is 5.97 Å². The number of ether oxygens (including phenoxy) is 1. The topological polar surface area (TPSA) is 29.5 Å². The Morgan fingerprint density at radius 3 is 2.64 bits per heavy atom. The average Bonchev–Trinajstić information content (AvgIpc) is 2.12. The van der Waals surface area contributed by atoms with Gasteiger partial charge in [0, 0.05) is 18.1 Å². The van der Waals surface area contributed by atoms with Crippen molar-refractivity contribution >= 4 is 17.7 Å². The van der Waals surface area contributed by atoms with Crippen molar-refractivity contribution in [3.8, 4) is 0 Å². The van der Waals surface area contributed by atoms with E-state index < -0.39 is 0 Å². The van der Waals surface area contributed by atoms with E-state index in [9.17, 15) is 4.79 Å². The zero-order chi connectivity index (χ0) is 11.0. The first-order valence-corrected chi connectivity index (χ1v) is 6.12. The summed E-state index contributed by atoms with van der Waals surface area (Å²) in [4.78, 5) is 13.4. The highest BCUT2D eigenvalue weighted by Crippen LogP contribution is 2.09. The first kappa shape index (κ1) is 13.8. The molecule has 0 aliphatic carbocycles. The Hall–Kier alpha value is -0.220. The summed E-state index contributed by atoms with van der Waals surface area (Å²) in [5.74, 6) is 1.86. The Morgan fingerprint density at radius 2 is 2.14 bits per heavy atom. The second-order valence-corrected chi connectivity index (χ2v) is 4.68. The molecule has 0 bridgehead atoms. The third kappa shape index (κ3) is 7.21. The third-order valence-corrected chi connectivity index (χ3v) is 2.95. The molecule has 1 unspecified atom stereocenters. The zero-order valence-electron chi connectivity index (χ0n) is 9.58. The van der Waals surface area contributed by atoms with E-state index in [2.05, 4.69) is 19.0 Å². The van der Waals surface area contributed by atoms with Crippen LogP contribution in [0.1, 0.15) is 13.8 Å². The minimum atomic E-state index is -0.0788. The van der Waals surface area contributed by atoms with Gasteiger partial charge in [-0.2, -0.15) is 11.8 Å². The van der Waals surface area contributed by atoms with Crippen LogP contribution in [0.5, 0.6) is 0 Å². The van der Waals surface area contributed by atoms with Crippen LogP contribution < -0.4 is 0 Å². The Balaban J connectivity index is 3.43. The van der Waals surface area contributed by atoms with Crippen molar-refractivity contribution in [1.29, 1.82) is 0 Å². The molecule has 0 aromatic carbocycles. The van der Waals surface area contributed by atoms with Crippen LogP contribution in [-0.4, -0.2) is 49.6 Å². The summed E-state index contributed by atoms with van der Waals surface area (Å²) in [5, 5.41) is 0. The fraction of sp³-hybridized carbons (Fsp3) is 0.900. The van der Waals surface area contributed by atoms with Crippen LogP contribution in [0.3, 0.4) is 0 Å². The second kappa shape index (κ2) is 8.12. The molecule has 0 spiro atoms. The lowest BCUT2D eigenvalue weighted by Crippen LogP contribution is -2.19. The lowest BCUT2D eigenvalue weighted by Gasteiger charge is -2.11. The molecule has 0 aliphatic rings. The molecular formula is C10H21NO2S. The smallest absolute Gasteiger partial charge is 0.309 e. The van der Waals surface area contributed by atoms with Crippen LogP contribution in [0.4, 0.5) is 0 Å². The molecule has 0 heterocycles. The van der Waals surface area contributed by atoms with Gasteiger partial charge in [-0.25, -0.2) is 0 Å². The third-order valence-electron chi connectivity index (χ3n) is 1.74. The maximum Gasteiger partial charge on any atom is 0.309 e. The van der Waals surface area contributed by atoms with Crippen molar-refractivity contribution < 1.29 is 9.53 Å². The normalized spacial score (nSPS) is 12.9. The Labute approximate surface area is 91.2 Å². The molecule has 4 heteroatoms. The van der Waals surface area contributed by atoms with E-state index >= 15 is 0 Å². The standard InChI is InChI=1S/C10H21NO2S/c1-5-13-10(12)9(2)8-14-7-6-11(3)4/h9H,5-8H2,1-4H3. The van der Waals surface area contributed by atoms with Crippen molar-refractivity contribution in [2.45, 2.75) is 13.8 Å². The van der Waals surface area contributed by atoms with Gasteiger partial charge in [0.05, 0.1) is 12.5 Å². The fourth-order valence-corrected chi connectivity index (χ4v) is 2.01. The second-order valence-electron chi connectivity index (χ2n) is 3.53. The van der Waals surface area contributed by atoms with Gasteiger partial charge in [0.15, 0.2) is 0 Å². The minimum Gasteiger partial charge on any atom is -0.466 e. The largest absolute Gasteiger partial charge is 0.466 e. The first-order chi connectivity index (χ1) is 6.57. The predicted molar refractivity (Wildman–Crippen MR) is 61.7 cm³/mol. The number of hydrogen-bond acceptors (Lipinski definition) is 4. The van der Waals surface area contributed by atoms with Crippen LogP contribution in [-0.2, 0) is 9.53 Å². The molecule has 3 nitrogen and oxygen atoms in total. The van der Waals surface area contributed by atoms with Crippen LogP contribution in [0.2, 0.25) is 0 Å². The van der Waals surface area contributed by atoms with Crippen LogP contribution in [0.15, 0.2) is 0 Å². The van der Waals surface area contributed by atoms with Crippen molar-refractivity contribution in [2.24, 2.45) is 5.92 Å². The fourth-order valence-electron chi connectivity index (χ4n) is 0.860. The molecular weight excluding hydrogens is 198 g/mol. The van der Waals surface area contributed by atoms with Gasteiger partial charge < -0.3 is 9.64 Å². The molecule has 84 valence electrons. The highest BCUT2D eigenvalue weighted by Gasteiger charge is 2.13. The molecule has 0 rings (SSSR count). The van der Waals surface area contributed by atoms with Crippen LogP contribution >= 0.6 is 11.8 Å². The molecule has 0 N–H and O–H groups in total. The van der Waals surface area contributed by atoms with Crippen LogP contribution in [0, 0.1) is 5.92 Å². The van der Waals surface area contributed by atoms with Gasteiger partial charge in [-0.1, -0.05) is 6.92 Å². The van der Waals surface area contributed by atoms with Crippen LogP contribution in [0.25, 0.3) is 0 Å². The summed E-state index contributed by atoms with van der Waals surface area (Å²) in [7, 11) is 4.10. The summed E-state index contributed by atoms with van der Waals surface area (Å²) < 4.78 is 4.92. The molecule has 0 saturated carbocycles. The maximum atomic E-state index is 11.2. The van der Waals surface area contributed by atoms with Gasteiger partial charge in [-0.15, -0.1) is 0 Å². The monoisotopic (exact) mass is 219 g/mol. The van der Waals surface area contributed by atoms with E-state index in [-0.39, 0.29) is 11.9 Å². The summed E-state index contributed by atoms with van der Waals surface area (Å²) in [6, 6.07) is 0. The molecule has 0 aliphatic heterocycles. The van der Waals surface area contributed by atoms with Crippen molar-refractivity contribution in [2.75, 3.05) is 38.8 Å². The van der Waals surface area contributed by atoms with Crippen molar-refractivity contribution in [3.63, 3.8) is 0 Å². The van der Waals surface area contributed by atoms with Crippen molar-refractivity contribution in [1.82, 2.24) is 4.90 Å². The predicted octanol–water partition coefficient (Wildman–Crippen LogP) is 1.48. The number of hydrogen-bond donors (Lipinski definition) is 0. The molecule has 0 aromatic heterocycles. The Morgan fingerprint density at radius 1 is 1.50 bits per heavy atom. The van der Waals surface area contributed by atoms with Gasteiger partial charge in [0.1, 0.15) is 0 Å². The van der Waals surface area contributed by atoms with Gasteiger partial charge in [-0.05, 0) is 21.0 Å². The van der Waals surface area contributed by atoms with E-state index in [4.69, 9.17) is 4.74 Å². The number of esters is 1. The number of carbonyl (C=O) groups is 1. The molecule has 0 radical (unpaired) electrons. The average molecular weight is 219 g/mol. The van der Waals surface area contributed by atoms with E-state index in [0.29, 0.717) is 6.61 Å². The first-order valence-electron chi connectivity index (χ1n) is 4.97.